The molecule has 0 bridgehead atoms. The van der Waals surface area contributed by atoms with Gasteiger partial charge in [-0.1, -0.05) is 17.7 Å². The minimum Gasteiger partial charge on any atom is -0.454 e. The van der Waals surface area contributed by atoms with Gasteiger partial charge in [-0.3, -0.25) is 9.59 Å². The van der Waals surface area contributed by atoms with Gasteiger partial charge in [0, 0.05) is 55.5 Å². The minimum absolute atomic E-state index is 0.0804. The highest BCUT2D eigenvalue weighted by Crippen LogP contribution is 2.33. The molecule has 2 amide bonds. The normalized spacial score (nSPS) is 18.4. The van der Waals surface area contributed by atoms with Crippen LogP contribution in [0.1, 0.15) is 10.4 Å². The summed E-state index contributed by atoms with van der Waals surface area (Å²) in [7, 11) is 0. The SMILES string of the molecule is O=C(c1ccc2c(c1)OCO2)N1CC(C(=O)N2CCN(c3cccc(Cl)c3)CC2)C1. The fraction of sp³-hybridized carbons (Fsp3) is 0.364. The maximum absolute atomic E-state index is 12.8. The average Bonchev–Trinajstić information content (AvgIpc) is 3.20. The van der Waals surface area contributed by atoms with Crippen LogP contribution >= 0.6 is 11.6 Å². The van der Waals surface area contributed by atoms with E-state index in [2.05, 4.69) is 4.90 Å². The van der Waals surface area contributed by atoms with Crippen molar-refractivity contribution in [2.45, 2.75) is 0 Å². The van der Waals surface area contributed by atoms with Crippen LogP contribution in [0.4, 0.5) is 5.69 Å². The smallest absolute Gasteiger partial charge is 0.254 e. The summed E-state index contributed by atoms with van der Waals surface area (Å²) in [5.41, 5.74) is 1.64. The summed E-state index contributed by atoms with van der Waals surface area (Å²) >= 11 is 6.09. The molecule has 0 atom stereocenters. The molecule has 8 heteroatoms. The van der Waals surface area contributed by atoms with Crippen LogP contribution in [0.5, 0.6) is 11.5 Å². The number of fused-ring (bicyclic) bond motifs is 1. The van der Waals surface area contributed by atoms with Gasteiger partial charge in [-0.25, -0.2) is 0 Å². The molecule has 0 aromatic heterocycles. The third kappa shape index (κ3) is 3.54. The summed E-state index contributed by atoms with van der Waals surface area (Å²) in [6.45, 7) is 4.01. The van der Waals surface area contributed by atoms with Crippen molar-refractivity contribution in [3.63, 3.8) is 0 Å². The predicted octanol–water partition coefficient (Wildman–Crippen LogP) is 2.49. The minimum atomic E-state index is -0.124. The Morgan fingerprint density at radius 2 is 1.67 bits per heavy atom. The summed E-state index contributed by atoms with van der Waals surface area (Å²) in [5.74, 6) is 1.17. The molecule has 0 radical (unpaired) electrons. The van der Waals surface area contributed by atoms with Crippen LogP contribution in [0, 0.1) is 5.92 Å². The maximum Gasteiger partial charge on any atom is 0.254 e. The van der Waals surface area contributed by atoms with Gasteiger partial charge in [0.1, 0.15) is 0 Å². The number of nitrogens with zero attached hydrogens (tertiary/aromatic N) is 3. The highest BCUT2D eigenvalue weighted by Gasteiger charge is 2.39. The number of hydrogen-bond acceptors (Lipinski definition) is 5. The number of halogens is 1. The van der Waals surface area contributed by atoms with Crippen LogP contribution in [0.15, 0.2) is 42.5 Å². The number of rotatable bonds is 3. The van der Waals surface area contributed by atoms with Gasteiger partial charge in [0.15, 0.2) is 11.5 Å². The van der Waals surface area contributed by atoms with Gasteiger partial charge in [-0.2, -0.15) is 0 Å². The van der Waals surface area contributed by atoms with Gasteiger partial charge in [0.25, 0.3) is 5.91 Å². The number of anilines is 1. The lowest BCUT2D eigenvalue weighted by atomic mass is 9.96. The van der Waals surface area contributed by atoms with E-state index in [0.29, 0.717) is 48.3 Å². The summed E-state index contributed by atoms with van der Waals surface area (Å²) in [4.78, 5) is 31.4. The van der Waals surface area contributed by atoms with E-state index in [9.17, 15) is 9.59 Å². The molecule has 0 aliphatic carbocycles. The molecular formula is C22H22ClN3O4. The maximum atomic E-state index is 12.8. The van der Waals surface area contributed by atoms with E-state index in [1.807, 2.05) is 29.2 Å². The van der Waals surface area contributed by atoms with Crippen LogP contribution < -0.4 is 14.4 Å². The lowest BCUT2D eigenvalue weighted by Gasteiger charge is -2.43. The highest BCUT2D eigenvalue weighted by atomic mass is 35.5. The molecule has 0 unspecified atom stereocenters. The van der Waals surface area contributed by atoms with Crippen molar-refractivity contribution in [3.8, 4) is 11.5 Å². The second kappa shape index (κ2) is 7.72. The Hall–Kier alpha value is -2.93. The first-order chi connectivity index (χ1) is 14.6. The molecule has 0 N–H and O–H groups in total. The highest BCUT2D eigenvalue weighted by molar-refractivity contribution is 6.30. The van der Waals surface area contributed by atoms with E-state index in [-0.39, 0.29) is 24.5 Å². The molecule has 2 aromatic carbocycles. The molecular weight excluding hydrogens is 406 g/mol. The number of ether oxygens (including phenoxy) is 2. The Bertz CT molecular complexity index is 984. The molecule has 0 spiro atoms. The molecule has 156 valence electrons. The number of piperazine rings is 1. The third-order valence-corrected chi connectivity index (χ3v) is 6.14. The lowest BCUT2D eigenvalue weighted by Crippen LogP contribution is -2.59. The molecule has 5 rings (SSSR count). The molecule has 3 heterocycles. The zero-order valence-corrected chi connectivity index (χ0v) is 17.2. The second-order valence-electron chi connectivity index (χ2n) is 7.77. The number of carbonyl (C=O) groups is 2. The van der Waals surface area contributed by atoms with Crippen molar-refractivity contribution < 1.29 is 19.1 Å². The van der Waals surface area contributed by atoms with E-state index in [1.165, 1.54) is 0 Å². The number of hydrogen-bond donors (Lipinski definition) is 0. The largest absolute Gasteiger partial charge is 0.454 e. The molecule has 3 aliphatic rings. The van der Waals surface area contributed by atoms with Gasteiger partial charge < -0.3 is 24.2 Å². The molecule has 7 nitrogen and oxygen atoms in total. The van der Waals surface area contributed by atoms with Gasteiger partial charge in [-0.15, -0.1) is 0 Å². The fourth-order valence-electron chi connectivity index (χ4n) is 4.13. The summed E-state index contributed by atoms with van der Waals surface area (Å²) in [6, 6.07) is 13.0. The lowest BCUT2D eigenvalue weighted by molar-refractivity contribution is -0.140. The number of benzene rings is 2. The van der Waals surface area contributed by atoms with Gasteiger partial charge >= 0.3 is 0 Å². The van der Waals surface area contributed by atoms with Crippen LogP contribution in [0.3, 0.4) is 0 Å². The van der Waals surface area contributed by atoms with Gasteiger partial charge in [0.05, 0.1) is 5.92 Å². The molecule has 3 aliphatic heterocycles. The van der Waals surface area contributed by atoms with Crippen molar-refractivity contribution in [1.82, 2.24) is 9.80 Å². The molecule has 2 saturated heterocycles. The number of carbonyl (C=O) groups excluding carboxylic acids is 2. The zero-order chi connectivity index (χ0) is 20.7. The summed E-state index contributed by atoms with van der Waals surface area (Å²) < 4.78 is 10.6. The van der Waals surface area contributed by atoms with Crippen LogP contribution in [-0.2, 0) is 4.79 Å². The zero-order valence-electron chi connectivity index (χ0n) is 16.4. The quantitative estimate of drug-likeness (QED) is 0.753. The molecule has 0 saturated carbocycles. The Morgan fingerprint density at radius 3 is 2.43 bits per heavy atom. The number of amides is 2. The topological polar surface area (TPSA) is 62.3 Å². The van der Waals surface area contributed by atoms with E-state index in [0.717, 1.165) is 18.8 Å². The Morgan fingerprint density at radius 1 is 0.900 bits per heavy atom. The van der Waals surface area contributed by atoms with Crippen LogP contribution in [0.2, 0.25) is 5.02 Å². The van der Waals surface area contributed by atoms with E-state index >= 15 is 0 Å². The van der Waals surface area contributed by atoms with Crippen molar-refractivity contribution in [1.29, 1.82) is 0 Å². The summed E-state index contributed by atoms with van der Waals surface area (Å²) in [6.07, 6.45) is 0. The predicted molar refractivity (Wildman–Crippen MR) is 112 cm³/mol. The standard InChI is InChI=1S/C22H22ClN3O4/c23-17-2-1-3-18(11-17)24-6-8-25(9-7-24)22(28)16-12-26(13-16)21(27)15-4-5-19-20(10-15)30-14-29-19/h1-5,10-11,16H,6-9,12-14H2. The van der Waals surface area contributed by atoms with E-state index in [1.54, 1.807) is 23.1 Å². The second-order valence-corrected chi connectivity index (χ2v) is 8.20. The fourth-order valence-corrected chi connectivity index (χ4v) is 4.31. The van der Waals surface area contributed by atoms with E-state index in [4.69, 9.17) is 21.1 Å². The van der Waals surface area contributed by atoms with E-state index < -0.39 is 0 Å². The van der Waals surface area contributed by atoms with Crippen molar-refractivity contribution in [3.05, 3.63) is 53.1 Å². The monoisotopic (exact) mass is 427 g/mol. The third-order valence-electron chi connectivity index (χ3n) is 5.90. The first-order valence-electron chi connectivity index (χ1n) is 10.1. The van der Waals surface area contributed by atoms with Gasteiger partial charge in [-0.05, 0) is 36.4 Å². The first kappa shape index (κ1) is 19.1. The Labute approximate surface area is 179 Å². The van der Waals surface area contributed by atoms with Crippen molar-refractivity contribution in [2.75, 3.05) is 51.0 Å². The average molecular weight is 428 g/mol. The Kier molecular flexibility index (Phi) is 4.90. The molecule has 2 aromatic rings. The molecule has 2 fully saturated rings. The number of likely N-dealkylation sites (tertiary alicyclic amines) is 1. The van der Waals surface area contributed by atoms with Crippen LogP contribution in [-0.4, -0.2) is 67.7 Å². The molecule has 30 heavy (non-hydrogen) atoms. The summed E-state index contributed by atoms with van der Waals surface area (Å²) in [5, 5.41) is 0.715. The van der Waals surface area contributed by atoms with Gasteiger partial charge in [0.2, 0.25) is 12.7 Å². The van der Waals surface area contributed by atoms with Crippen LogP contribution in [0.25, 0.3) is 0 Å². The first-order valence-corrected chi connectivity index (χ1v) is 10.4. The van der Waals surface area contributed by atoms with Crippen molar-refractivity contribution in [2.24, 2.45) is 5.92 Å². The Balaban J connectivity index is 1.13. The van der Waals surface area contributed by atoms with Crippen molar-refractivity contribution >= 4 is 29.1 Å².